The summed E-state index contributed by atoms with van der Waals surface area (Å²) in [5, 5.41) is 0. The Labute approximate surface area is 375 Å². The van der Waals surface area contributed by atoms with Crippen LogP contribution < -0.4 is 0 Å². The van der Waals surface area contributed by atoms with Crippen molar-refractivity contribution in [3.05, 3.63) is 264 Å². The lowest BCUT2D eigenvalue weighted by Gasteiger charge is -2.46. The van der Waals surface area contributed by atoms with Gasteiger partial charge in [-0.2, -0.15) is 0 Å². The third-order valence-corrected chi connectivity index (χ3v) is 13.8. The van der Waals surface area contributed by atoms with Crippen molar-refractivity contribution in [3.8, 4) is 78.4 Å². The van der Waals surface area contributed by atoms with Gasteiger partial charge in [-0.15, -0.1) is 0 Å². The van der Waals surface area contributed by atoms with Crippen LogP contribution in [0.15, 0.2) is 231 Å². The van der Waals surface area contributed by atoms with Crippen molar-refractivity contribution < 1.29 is 0 Å². The number of nitrogens with zero attached hydrogens (tertiary/aromatic N) is 2. The molecule has 0 saturated carbocycles. The van der Waals surface area contributed by atoms with Gasteiger partial charge in [0.15, 0.2) is 5.82 Å². The molecule has 0 radical (unpaired) electrons. The topological polar surface area (TPSA) is 25.8 Å². The number of hydrogen-bond acceptors (Lipinski definition) is 2. The Kier molecular flexibility index (Phi) is 8.77. The van der Waals surface area contributed by atoms with Crippen LogP contribution in [0.3, 0.4) is 0 Å². The third kappa shape index (κ3) is 5.94. The number of hydrogen-bond donors (Lipinski definition) is 0. The van der Waals surface area contributed by atoms with Crippen LogP contribution in [0.25, 0.3) is 78.4 Å². The Morgan fingerprint density at radius 1 is 0.266 bits per heavy atom. The Balaban J connectivity index is 0.987. The van der Waals surface area contributed by atoms with E-state index in [2.05, 4.69) is 244 Å². The molecule has 9 aromatic carbocycles. The molecule has 2 heteroatoms. The summed E-state index contributed by atoms with van der Waals surface area (Å²) in [7, 11) is 0. The third-order valence-electron chi connectivity index (χ3n) is 13.8. The van der Waals surface area contributed by atoms with E-state index in [4.69, 9.17) is 9.97 Å². The van der Waals surface area contributed by atoms with E-state index in [0.717, 1.165) is 39.2 Å². The van der Waals surface area contributed by atoms with E-state index in [9.17, 15) is 0 Å². The van der Waals surface area contributed by atoms with Gasteiger partial charge in [0.1, 0.15) is 0 Å². The van der Waals surface area contributed by atoms with Gasteiger partial charge < -0.3 is 0 Å². The highest BCUT2D eigenvalue weighted by Crippen LogP contribution is 2.62. The second-order valence-electron chi connectivity index (χ2n) is 17.7. The van der Waals surface area contributed by atoms with Crippen molar-refractivity contribution in [2.75, 3.05) is 0 Å². The van der Waals surface area contributed by atoms with Gasteiger partial charge in [-0.25, -0.2) is 9.97 Å². The van der Waals surface area contributed by atoms with Crippen molar-refractivity contribution in [1.82, 2.24) is 9.97 Å². The van der Waals surface area contributed by atoms with Crippen LogP contribution in [-0.4, -0.2) is 9.97 Å². The fraction of sp³-hybridized carbons (Fsp3) is 0.0645. The smallest absolute Gasteiger partial charge is 0.160 e. The number of rotatable bonds is 6. The zero-order chi connectivity index (χ0) is 42.8. The molecule has 0 bridgehead atoms. The number of aromatic nitrogens is 2. The van der Waals surface area contributed by atoms with Crippen LogP contribution in [0.4, 0.5) is 0 Å². The molecule has 64 heavy (non-hydrogen) atoms. The summed E-state index contributed by atoms with van der Waals surface area (Å²) >= 11 is 0. The Morgan fingerprint density at radius 3 is 1.28 bits per heavy atom. The minimum atomic E-state index is -0.415. The fourth-order valence-corrected chi connectivity index (χ4v) is 10.7. The maximum absolute atomic E-state index is 5.30. The average molecular weight is 817 g/mol. The van der Waals surface area contributed by atoms with Crippen molar-refractivity contribution in [2.45, 2.75) is 24.7 Å². The van der Waals surface area contributed by atoms with Crippen LogP contribution in [0.5, 0.6) is 0 Å². The normalized spacial score (nSPS) is 13.7. The van der Waals surface area contributed by atoms with Crippen LogP contribution in [0.1, 0.15) is 47.2 Å². The number of fused-ring (bicyclic) bond motifs is 9. The summed E-state index contributed by atoms with van der Waals surface area (Å²) in [6.45, 7) is 4.79. The zero-order valence-electron chi connectivity index (χ0n) is 35.8. The first kappa shape index (κ1) is 37.8. The molecule has 0 fully saturated rings. The first-order valence-corrected chi connectivity index (χ1v) is 22.2. The summed E-state index contributed by atoms with van der Waals surface area (Å²) in [5.41, 5.74) is 22.0. The standard InChI is InChI=1S/C62H44N2/c1-61(2)54-26-13-14-27-55(54)62(52-24-11-9-22-50(52)51-23-10-12-25-53(51)62)56-37-36-48(39-57(56)61)47-20-15-21-49(38-47)59-40-58(45-32-28-43(29-33-45)41-16-5-3-6-17-41)63-60(64-59)46-34-30-44(31-35-46)42-18-7-4-8-19-42/h3-40H,1-2H3. The molecule has 0 saturated heterocycles. The lowest BCUT2D eigenvalue weighted by Crippen LogP contribution is -2.40. The molecule has 1 heterocycles. The van der Waals surface area contributed by atoms with Crippen molar-refractivity contribution in [2.24, 2.45) is 0 Å². The van der Waals surface area contributed by atoms with E-state index in [1.165, 1.54) is 66.8 Å². The molecule has 0 unspecified atom stereocenters. The molecule has 10 aromatic rings. The van der Waals surface area contributed by atoms with Gasteiger partial charge in [0.2, 0.25) is 0 Å². The minimum absolute atomic E-state index is 0.236. The molecule has 1 aromatic heterocycles. The molecule has 0 atom stereocenters. The molecule has 2 nitrogen and oxygen atoms in total. The highest BCUT2D eigenvalue weighted by atomic mass is 14.9. The quantitative estimate of drug-likeness (QED) is 0.167. The first-order valence-electron chi connectivity index (χ1n) is 22.2. The largest absolute Gasteiger partial charge is 0.228 e. The zero-order valence-corrected chi connectivity index (χ0v) is 35.8. The molecular weight excluding hydrogens is 773 g/mol. The summed E-state index contributed by atoms with van der Waals surface area (Å²) < 4.78 is 0. The average Bonchev–Trinajstić information content (AvgIpc) is 3.67. The van der Waals surface area contributed by atoms with Gasteiger partial charge in [0, 0.05) is 22.1 Å². The van der Waals surface area contributed by atoms with Crippen molar-refractivity contribution in [3.63, 3.8) is 0 Å². The van der Waals surface area contributed by atoms with E-state index < -0.39 is 5.41 Å². The fourth-order valence-electron chi connectivity index (χ4n) is 10.7. The van der Waals surface area contributed by atoms with Gasteiger partial charge >= 0.3 is 0 Å². The maximum atomic E-state index is 5.30. The highest BCUT2D eigenvalue weighted by molar-refractivity contribution is 5.89. The van der Waals surface area contributed by atoms with E-state index >= 15 is 0 Å². The monoisotopic (exact) mass is 816 g/mol. The first-order chi connectivity index (χ1) is 31.5. The lowest BCUT2D eigenvalue weighted by molar-refractivity contribution is 0.563. The Hall–Kier alpha value is -7.94. The summed E-state index contributed by atoms with van der Waals surface area (Å²) in [5.74, 6) is 0.696. The highest BCUT2D eigenvalue weighted by Gasteiger charge is 2.53. The van der Waals surface area contributed by atoms with Crippen LogP contribution in [-0.2, 0) is 10.8 Å². The Bertz CT molecular complexity index is 3240. The molecule has 0 N–H and O–H groups in total. The number of benzene rings is 9. The van der Waals surface area contributed by atoms with Gasteiger partial charge in [-0.3, -0.25) is 0 Å². The van der Waals surface area contributed by atoms with Crippen LogP contribution in [0.2, 0.25) is 0 Å². The molecule has 12 rings (SSSR count). The molecule has 0 amide bonds. The van der Waals surface area contributed by atoms with Crippen molar-refractivity contribution in [1.29, 1.82) is 0 Å². The summed E-state index contributed by atoms with van der Waals surface area (Å²) in [4.78, 5) is 10.5. The molecule has 302 valence electrons. The second-order valence-corrected chi connectivity index (χ2v) is 17.7. The van der Waals surface area contributed by atoms with Crippen LogP contribution in [0, 0.1) is 0 Å². The Morgan fingerprint density at radius 2 is 0.672 bits per heavy atom. The second kappa shape index (κ2) is 14.9. The maximum Gasteiger partial charge on any atom is 0.160 e. The molecule has 2 aliphatic carbocycles. The van der Waals surface area contributed by atoms with Crippen molar-refractivity contribution >= 4 is 0 Å². The predicted molar refractivity (Wildman–Crippen MR) is 264 cm³/mol. The molecular formula is C62H44N2. The van der Waals surface area contributed by atoms with Gasteiger partial charge in [-0.05, 0) is 96.1 Å². The van der Waals surface area contributed by atoms with Gasteiger partial charge in [0.25, 0.3) is 0 Å². The summed E-state index contributed by atoms with van der Waals surface area (Å²) in [6.07, 6.45) is 0. The van der Waals surface area contributed by atoms with Gasteiger partial charge in [-0.1, -0.05) is 226 Å². The lowest BCUT2D eigenvalue weighted by atomic mass is 9.55. The SMILES string of the molecule is CC1(C)c2ccccc2C2(c3ccccc3-c3ccccc32)c2ccc(-c3cccc(-c4cc(-c5ccc(-c6ccccc6)cc5)nc(-c5ccc(-c6ccccc6)cc5)n4)c3)cc21. The van der Waals surface area contributed by atoms with E-state index in [-0.39, 0.29) is 5.41 Å². The predicted octanol–water partition coefficient (Wildman–Crippen LogP) is 15.5. The minimum Gasteiger partial charge on any atom is -0.228 e. The van der Waals surface area contributed by atoms with E-state index in [1.807, 2.05) is 0 Å². The van der Waals surface area contributed by atoms with E-state index in [0.29, 0.717) is 5.82 Å². The molecule has 0 aliphatic heterocycles. The van der Waals surface area contributed by atoms with E-state index in [1.54, 1.807) is 0 Å². The molecule has 1 spiro atoms. The molecule has 2 aliphatic rings. The van der Waals surface area contributed by atoms with Crippen LogP contribution >= 0.6 is 0 Å². The van der Waals surface area contributed by atoms with Gasteiger partial charge in [0.05, 0.1) is 16.8 Å². The summed E-state index contributed by atoms with van der Waals surface area (Å²) in [6, 6.07) is 83.8.